The van der Waals surface area contributed by atoms with Gasteiger partial charge in [0.05, 0.1) is 0 Å². The van der Waals surface area contributed by atoms with Crippen LogP contribution in [-0.4, -0.2) is 24.7 Å². The van der Waals surface area contributed by atoms with Gasteiger partial charge in [0.25, 0.3) is 0 Å². The molecule has 1 saturated carbocycles. The number of nitrogen functional groups attached to an aromatic ring is 1. The quantitative estimate of drug-likeness (QED) is 0.619. The molecule has 1 fully saturated rings. The number of ether oxygens (including phenoxy) is 1. The van der Waals surface area contributed by atoms with E-state index in [-0.39, 0.29) is 0 Å². The summed E-state index contributed by atoms with van der Waals surface area (Å²) in [5, 5.41) is 0. The highest BCUT2D eigenvalue weighted by molar-refractivity contribution is 5.52. The first-order valence-corrected chi connectivity index (χ1v) is 6.99. The Morgan fingerprint density at radius 3 is 2.94 bits per heavy atom. The van der Waals surface area contributed by atoms with E-state index in [1.54, 1.807) is 0 Å². The van der Waals surface area contributed by atoms with E-state index < -0.39 is 0 Å². The molecule has 0 bridgehead atoms. The molecule has 0 spiro atoms. The highest BCUT2D eigenvalue weighted by atomic mass is 16.5. The lowest BCUT2D eigenvalue weighted by Gasteiger charge is -2.14. The molecule has 0 atom stereocenters. The van der Waals surface area contributed by atoms with Crippen LogP contribution in [0.2, 0.25) is 0 Å². The topological polar surface area (TPSA) is 38.5 Å². The zero-order chi connectivity index (χ0) is 12.4. The summed E-state index contributed by atoms with van der Waals surface area (Å²) in [6.45, 7) is 5.04. The van der Waals surface area contributed by atoms with Crippen molar-refractivity contribution >= 4 is 5.69 Å². The second kappa shape index (κ2) is 5.29. The molecule has 98 valence electrons. The third-order valence-corrected chi connectivity index (χ3v) is 3.90. The Morgan fingerprint density at radius 1 is 1.28 bits per heavy atom. The van der Waals surface area contributed by atoms with Crippen LogP contribution in [0.15, 0.2) is 18.2 Å². The van der Waals surface area contributed by atoms with Crippen molar-refractivity contribution < 1.29 is 4.74 Å². The van der Waals surface area contributed by atoms with E-state index in [2.05, 4.69) is 17.0 Å². The first-order chi connectivity index (χ1) is 8.83. The van der Waals surface area contributed by atoms with Gasteiger partial charge < -0.3 is 10.5 Å². The standard InChI is InChI=1S/C15H22N2O/c16-15-4-1-3-13-9-17(10-14(13)15)7-2-8-18-11-12-5-6-12/h1,3-4,12H,2,5-11,16H2. The first kappa shape index (κ1) is 12.0. The Hall–Kier alpha value is -1.06. The fourth-order valence-electron chi connectivity index (χ4n) is 2.60. The third kappa shape index (κ3) is 2.85. The fourth-order valence-corrected chi connectivity index (χ4v) is 2.60. The molecule has 0 amide bonds. The zero-order valence-electron chi connectivity index (χ0n) is 10.9. The van der Waals surface area contributed by atoms with Gasteiger partial charge in [0.15, 0.2) is 0 Å². The Labute approximate surface area is 109 Å². The average molecular weight is 246 g/mol. The predicted molar refractivity (Wildman–Crippen MR) is 73.1 cm³/mol. The van der Waals surface area contributed by atoms with Crippen molar-refractivity contribution in [2.75, 3.05) is 25.5 Å². The number of hydrogen-bond donors (Lipinski definition) is 1. The summed E-state index contributed by atoms with van der Waals surface area (Å²) < 4.78 is 5.67. The van der Waals surface area contributed by atoms with Gasteiger partial charge in [-0.3, -0.25) is 4.90 Å². The van der Waals surface area contributed by atoms with E-state index in [9.17, 15) is 0 Å². The van der Waals surface area contributed by atoms with Gasteiger partial charge >= 0.3 is 0 Å². The zero-order valence-corrected chi connectivity index (χ0v) is 10.9. The van der Waals surface area contributed by atoms with Crippen molar-refractivity contribution in [2.45, 2.75) is 32.4 Å². The number of fused-ring (bicyclic) bond motifs is 1. The van der Waals surface area contributed by atoms with E-state index in [0.29, 0.717) is 0 Å². The van der Waals surface area contributed by atoms with Crippen molar-refractivity contribution in [3.63, 3.8) is 0 Å². The Morgan fingerprint density at radius 2 is 2.17 bits per heavy atom. The van der Waals surface area contributed by atoms with Crippen molar-refractivity contribution in [2.24, 2.45) is 5.92 Å². The average Bonchev–Trinajstić information content (AvgIpc) is 3.08. The molecule has 3 rings (SSSR count). The van der Waals surface area contributed by atoms with Crippen molar-refractivity contribution in [3.8, 4) is 0 Å². The van der Waals surface area contributed by atoms with Crippen LogP contribution < -0.4 is 5.73 Å². The normalized spacial score (nSPS) is 19.1. The van der Waals surface area contributed by atoms with E-state index in [1.165, 1.54) is 24.0 Å². The van der Waals surface area contributed by atoms with E-state index in [1.807, 2.05) is 6.07 Å². The molecule has 3 nitrogen and oxygen atoms in total. The predicted octanol–water partition coefficient (Wildman–Crippen LogP) is 2.40. The van der Waals surface area contributed by atoms with Crippen molar-refractivity contribution in [1.82, 2.24) is 4.90 Å². The lowest BCUT2D eigenvalue weighted by Crippen LogP contribution is -2.19. The molecular formula is C15H22N2O. The summed E-state index contributed by atoms with van der Waals surface area (Å²) in [6, 6.07) is 6.24. The number of nitrogens with two attached hydrogens (primary N) is 1. The molecule has 18 heavy (non-hydrogen) atoms. The molecule has 1 aromatic carbocycles. The second-order valence-corrected chi connectivity index (χ2v) is 5.57. The maximum absolute atomic E-state index is 6.00. The van der Waals surface area contributed by atoms with E-state index >= 15 is 0 Å². The summed E-state index contributed by atoms with van der Waals surface area (Å²) in [5.74, 6) is 0.876. The first-order valence-electron chi connectivity index (χ1n) is 6.99. The highest BCUT2D eigenvalue weighted by Gasteiger charge is 2.22. The van der Waals surface area contributed by atoms with Crippen LogP contribution >= 0.6 is 0 Å². The second-order valence-electron chi connectivity index (χ2n) is 5.57. The van der Waals surface area contributed by atoms with Gasteiger partial charge in [-0.05, 0) is 42.4 Å². The number of benzene rings is 1. The number of hydrogen-bond acceptors (Lipinski definition) is 3. The van der Waals surface area contributed by atoms with Crippen LogP contribution in [0.4, 0.5) is 5.69 Å². The molecule has 0 radical (unpaired) electrons. The van der Waals surface area contributed by atoms with Gasteiger partial charge in [-0.25, -0.2) is 0 Å². The SMILES string of the molecule is Nc1cccc2c1CN(CCCOCC1CC1)C2. The molecule has 2 aliphatic rings. The van der Waals surface area contributed by atoms with Crippen LogP contribution in [-0.2, 0) is 17.8 Å². The molecule has 1 aliphatic carbocycles. The summed E-state index contributed by atoms with van der Waals surface area (Å²) in [7, 11) is 0. The van der Waals surface area contributed by atoms with Crippen LogP contribution in [0.25, 0.3) is 0 Å². The smallest absolute Gasteiger partial charge is 0.0494 e. The molecule has 2 N–H and O–H groups in total. The molecule has 1 aliphatic heterocycles. The third-order valence-electron chi connectivity index (χ3n) is 3.90. The van der Waals surface area contributed by atoms with Crippen LogP contribution in [0.1, 0.15) is 30.4 Å². The minimum Gasteiger partial charge on any atom is -0.398 e. The van der Waals surface area contributed by atoms with Crippen molar-refractivity contribution in [3.05, 3.63) is 29.3 Å². The molecule has 3 heteroatoms. The Bertz CT molecular complexity index is 415. The largest absolute Gasteiger partial charge is 0.398 e. The molecular weight excluding hydrogens is 224 g/mol. The van der Waals surface area contributed by atoms with Crippen LogP contribution in [0.5, 0.6) is 0 Å². The maximum atomic E-state index is 6.00. The summed E-state index contributed by atoms with van der Waals surface area (Å²) in [4.78, 5) is 2.46. The molecule has 1 aromatic rings. The Balaban J connectivity index is 1.39. The van der Waals surface area contributed by atoms with Gasteiger partial charge in [-0.1, -0.05) is 12.1 Å². The van der Waals surface area contributed by atoms with Gasteiger partial charge in [0.1, 0.15) is 0 Å². The molecule has 0 saturated heterocycles. The van der Waals surface area contributed by atoms with Crippen molar-refractivity contribution in [1.29, 1.82) is 0 Å². The summed E-state index contributed by atoms with van der Waals surface area (Å²) in [5.41, 5.74) is 9.67. The highest BCUT2D eigenvalue weighted by Crippen LogP contribution is 2.29. The maximum Gasteiger partial charge on any atom is 0.0494 e. The van der Waals surface area contributed by atoms with E-state index in [0.717, 1.165) is 50.9 Å². The van der Waals surface area contributed by atoms with Crippen LogP contribution in [0.3, 0.4) is 0 Å². The van der Waals surface area contributed by atoms with Crippen LogP contribution in [0, 0.1) is 5.92 Å². The summed E-state index contributed by atoms with van der Waals surface area (Å²) >= 11 is 0. The van der Waals surface area contributed by atoms with Gasteiger partial charge in [-0.15, -0.1) is 0 Å². The molecule has 0 aromatic heterocycles. The number of anilines is 1. The minimum absolute atomic E-state index is 0.876. The number of nitrogens with zero attached hydrogens (tertiary/aromatic N) is 1. The van der Waals surface area contributed by atoms with E-state index in [4.69, 9.17) is 10.5 Å². The summed E-state index contributed by atoms with van der Waals surface area (Å²) in [6.07, 6.45) is 3.88. The van der Waals surface area contributed by atoms with Gasteiger partial charge in [0.2, 0.25) is 0 Å². The Kier molecular flexibility index (Phi) is 3.52. The lowest BCUT2D eigenvalue weighted by molar-refractivity contribution is 0.112. The fraction of sp³-hybridized carbons (Fsp3) is 0.600. The molecule has 1 heterocycles. The lowest BCUT2D eigenvalue weighted by atomic mass is 10.1. The minimum atomic E-state index is 0.876. The van der Waals surface area contributed by atoms with Gasteiger partial charge in [-0.2, -0.15) is 0 Å². The molecule has 0 unspecified atom stereocenters. The number of rotatable bonds is 6. The van der Waals surface area contributed by atoms with Gasteiger partial charge in [0, 0.05) is 38.5 Å². The monoisotopic (exact) mass is 246 g/mol.